The van der Waals surface area contributed by atoms with Crippen molar-refractivity contribution in [1.82, 2.24) is 19.7 Å². The van der Waals surface area contributed by atoms with Crippen molar-refractivity contribution in [2.75, 3.05) is 12.4 Å². The molecule has 1 aliphatic carbocycles. The summed E-state index contributed by atoms with van der Waals surface area (Å²) in [6, 6.07) is 8.71. The Hall–Kier alpha value is -3.93. The van der Waals surface area contributed by atoms with Gasteiger partial charge in [-0.25, -0.2) is 14.8 Å². The minimum atomic E-state index is -1.01. The van der Waals surface area contributed by atoms with Crippen LogP contribution >= 0.6 is 0 Å². The molecule has 1 aliphatic rings. The minimum Gasteiger partial charge on any atom is -0.493 e. The number of hydrogen-bond acceptors (Lipinski definition) is 7. The molecular weight excluding hydrogens is 384 g/mol. The van der Waals surface area contributed by atoms with Crippen molar-refractivity contribution in [1.29, 1.82) is 5.26 Å². The van der Waals surface area contributed by atoms with Crippen LogP contribution in [0.15, 0.2) is 42.9 Å². The Morgan fingerprint density at radius 3 is 2.97 bits per heavy atom. The summed E-state index contributed by atoms with van der Waals surface area (Å²) >= 11 is 0. The lowest BCUT2D eigenvalue weighted by Crippen LogP contribution is -2.11. The molecule has 3 aromatic rings. The Balaban J connectivity index is 1.63. The number of carboxylic acids is 1. The summed E-state index contributed by atoms with van der Waals surface area (Å²) in [4.78, 5) is 20.0. The number of nitrogens with one attached hydrogen (secondary N) is 1. The van der Waals surface area contributed by atoms with E-state index in [-0.39, 0.29) is 11.6 Å². The molecule has 2 N–H and O–H groups in total. The molecule has 152 valence electrons. The zero-order valence-corrected chi connectivity index (χ0v) is 16.3. The van der Waals surface area contributed by atoms with Crippen LogP contribution in [0.3, 0.4) is 0 Å². The predicted octanol–water partition coefficient (Wildman–Crippen LogP) is 3.66. The summed E-state index contributed by atoms with van der Waals surface area (Å²) < 4.78 is 7.25. The van der Waals surface area contributed by atoms with Crippen LogP contribution in [0.1, 0.15) is 35.7 Å². The van der Waals surface area contributed by atoms with E-state index >= 15 is 0 Å². The largest absolute Gasteiger partial charge is 0.493 e. The van der Waals surface area contributed by atoms with E-state index in [1.807, 2.05) is 10.9 Å². The highest BCUT2D eigenvalue weighted by Crippen LogP contribution is 2.41. The highest BCUT2D eigenvalue weighted by atomic mass is 16.5. The number of hydrogen-bond donors (Lipinski definition) is 2. The maximum absolute atomic E-state index is 11.2. The van der Waals surface area contributed by atoms with Gasteiger partial charge in [-0.3, -0.25) is 4.68 Å². The van der Waals surface area contributed by atoms with E-state index in [0.717, 1.165) is 18.4 Å². The fourth-order valence-electron chi connectivity index (χ4n) is 3.34. The number of anilines is 2. The normalized spacial score (nSPS) is 14.0. The fraction of sp³-hybridized carbons (Fsp3) is 0.286. The number of carboxylic acid groups (broad SMARTS) is 1. The maximum Gasteiger partial charge on any atom is 0.335 e. The number of aromatic nitrogens is 4. The summed E-state index contributed by atoms with van der Waals surface area (Å²) in [7, 11) is 1.54. The number of benzene rings is 1. The van der Waals surface area contributed by atoms with Crippen LogP contribution in [0.4, 0.5) is 11.6 Å². The quantitative estimate of drug-likeness (QED) is 0.582. The Morgan fingerprint density at radius 2 is 2.27 bits per heavy atom. The van der Waals surface area contributed by atoms with Crippen LogP contribution in [-0.4, -0.2) is 37.9 Å². The molecule has 0 radical (unpaired) electrons. The fourth-order valence-corrected chi connectivity index (χ4v) is 3.34. The van der Waals surface area contributed by atoms with Crippen LogP contribution in [0.25, 0.3) is 11.3 Å². The van der Waals surface area contributed by atoms with Crippen LogP contribution in [0.5, 0.6) is 5.75 Å². The molecule has 9 heteroatoms. The van der Waals surface area contributed by atoms with Gasteiger partial charge < -0.3 is 15.2 Å². The number of rotatable bonds is 8. The van der Waals surface area contributed by atoms with E-state index in [1.165, 1.54) is 12.1 Å². The van der Waals surface area contributed by atoms with E-state index in [0.29, 0.717) is 35.4 Å². The molecule has 1 atom stereocenters. The minimum absolute atomic E-state index is 0.0629. The standard InChI is InChI=1S/C21H20N6O3/c1-30-18-11-23-21(25-16-4-2-3-14(9-16)20(28)29)26-19(18)15-10-24-27(12-15)17(7-8-22)13-5-6-13/h2-4,9-13,17H,5-7H2,1H3,(H,28,29)(H,23,25,26). The Labute approximate surface area is 173 Å². The van der Waals surface area contributed by atoms with Crippen molar-refractivity contribution < 1.29 is 14.6 Å². The molecule has 0 saturated heterocycles. The molecular formula is C21H20N6O3. The van der Waals surface area contributed by atoms with Crippen molar-refractivity contribution in [3.63, 3.8) is 0 Å². The SMILES string of the molecule is COc1cnc(Nc2cccc(C(=O)O)c2)nc1-c1cnn(C(CC#N)C2CC2)c1. The first kappa shape index (κ1) is 19.4. The molecule has 30 heavy (non-hydrogen) atoms. The monoisotopic (exact) mass is 404 g/mol. The van der Waals surface area contributed by atoms with E-state index in [2.05, 4.69) is 26.5 Å². The van der Waals surface area contributed by atoms with Gasteiger partial charge in [0.05, 0.1) is 43.6 Å². The first-order valence-corrected chi connectivity index (χ1v) is 9.52. The number of ether oxygens (including phenoxy) is 1. The van der Waals surface area contributed by atoms with Crippen molar-refractivity contribution in [3.05, 3.63) is 48.4 Å². The molecule has 1 fully saturated rings. The van der Waals surface area contributed by atoms with Gasteiger partial charge in [0.1, 0.15) is 5.69 Å². The summed E-state index contributed by atoms with van der Waals surface area (Å²) in [6.45, 7) is 0. The second-order valence-electron chi connectivity index (χ2n) is 7.10. The molecule has 1 saturated carbocycles. The highest BCUT2D eigenvalue weighted by Gasteiger charge is 2.33. The van der Waals surface area contributed by atoms with Crippen LogP contribution in [0.2, 0.25) is 0 Å². The molecule has 2 heterocycles. The number of aromatic carboxylic acids is 1. The van der Waals surface area contributed by atoms with Crippen molar-refractivity contribution in [2.45, 2.75) is 25.3 Å². The van der Waals surface area contributed by atoms with Gasteiger partial charge >= 0.3 is 5.97 Å². The molecule has 9 nitrogen and oxygen atoms in total. The third-order valence-corrected chi connectivity index (χ3v) is 5.02. The van der Waals surface area contributed by atoms with Crippen LogP contribution in [0, 0.1) is 17.2 Å². The van der Waals surface area contributed by atoms with Crippen LogP contribution < -0.4 is 10.1 Å². The van der Waals surface area contributed by atoms with Gasteiger partial charge in [0.2, 0.25) is 5.95 Å². The van der Waals surface area contributed by atoms with E-state index in [9.17, 15) is 4.79 Å². The Morgan fingerprint density at radius 1 is 1.43 bits per heavy atom. The number of nitriles is 1. The molecule has 0 bridgehead atoms. The Kier molecular flexibility index (Phi) is 5.30. The molecule has 2 aromatic heterocycles. The molecule has 1 unspecified atom stereocenters. The summed E-state index contributed by atoms with van der Waals surface area (Å²) in [6.07, 6.45) is 7.77. The summed E-state index contributed by atoms with van der Waals surface area (Å²) in [5.41, 5.74) is 2.03. The number of methoxy groups -OCH3 is 1. The third-order valence-electron chi connectivity index (χ3n) is 5.02. The maximum atomic E-state index is 11.2. The van der Waals surface area contributed by atoms with Gasteiger partial charge in [-0.2, -0.15) is 10.4 Å². The lowest BCUT2D eigenvalue weighted by atomic mass is 10.1. The topological polar surface area (TPSA) is 126 Å². The lowest BCUT2D eigenvalue weighted by Gasteiger charge is -2.13. The summed E-state index contributed by atoms with van der Waals surface area (Å²) in [5.74, 6) is 0.271. The third kappa shape index (κ3) is 4.07. The first-order valence-electron chi connectivity index (χ1n) is 9.52. The zero-order chi connectivity index (χ0) is 21.1. The van der Waals surface area contributed by atoms with E-state index in [1.54, 1.807) is 31.6 Å². The smallest absolute Gasteiger partial charge is 0.335 e. The second kappa shape index (κ2) is 8.21. The van der Waals surface area contributed by atoms with Crippen molar-refractivity contribution >= 4 is 17.6 Å². The molecule has 0 spiro atoms. The Bertz CT molecular complexity index is 1120. The van der Waals surface area contributed by atoms with Gasteiger partial charge in [-0.05, 0) is 37.0 Å². The van der Waals surface area contributed by atoms with Gasteiger partial charge in [-0.15, -0.1) is 0 Å². The predicted molar refractivity (Wildman–Crippen MR) is 108 cm³/mol. The second-order valence-corrected chi connectivity index (χ2v) is 7.10. The zero-order valence-electron chi connectivity index (χ0n) is 16.3. The van der Waals surface area contributed by atoms with E-state index in [4.69, 9.17) is 15.1 Å². The molecule has 4 rings (SSSR count). The van der Waals surface area contributed by atoms with Gasteiger partial charge in [-0.1, -0.05) is 6.07 Å². The summed E-state index contributed by atoms with van der Waals surface area (Å²) in [5, 5.41) is 25.8. The van der Waals surface area contributed by atoms with Gasteiger partial charge in [0.25, 0.3) is 0 Å². The van der Waals surface area contributed by atoms with Gasteiger partial charge in [0.15, 0.2) is 5.75 Å². The van der Waals surface area contributed by atoms with E-state index < -0.39 is 5.97 Å². The van der Waals surface area contributed by atoms with Crippen LogP contribution in [-0.2, 0) is 0 Å². The first-order chi connectivity index (χ1) is 14.6. The average Bonchev–Trinajstić information content (AvgIpc) is 3.48. The number of carbonyl (C=O) groups is 1. The van der Waals surface area contributed by atoms with Crippen molar-refractivity contribution in [3.8, 4) is 23.1 Å². The van der Waals surface area contributed by atoms with Crippen molar-refractivity contribution in [2.24, 2.45) is 5.92 Å². The van der Waals surface area contributed by atoms with Gasteiger partial charge in [0, 0.05) is 17.4 Å². The highest BCUT2D eigenvalue weighted by molar-refractivity contribution is 5.89. The number of nitrogens with zero attached hydrogens (tertiary/aromatic N) is 5. The molecule has 0 amide bonds. The molecule has 1 aromatic carbocycles. The average molecular weight is 404 g/mol. The lowest BCUT2D eigenvalue weighted by molar-refractivity contribution is 0.0697. The molecule has 0 aliphatic heterocycles.